The minimum Gasteiger partial charge on any atom is -0.481 e. The molecule has 128 valence electrons. The van der Waals surface area contributed by atoms with E-state index in [9.17, 15) is 14.4 Å². The fraction of sp³-hybridized carbons (Fsp3) is 0.471. The van der Waals surface area contributed by atoms with Crippen molar-refractivity contribution in [3.05, 3.63) is 36.1 Å². The molecular weight excluding hydrogens is 298 g/mol. The summed E-state index contributed by atoms with van der Waals surface area (Å²) in [5, 5.41) is 11.0. The first-order valence-corrected chi connectivity index (χ1v) is 7.38. The molecule has 1 atom stereocenters. The molecule has 0 bridgehead atoms. The smallest absolute Gasteiger partial charge is 0.312 e. The summed E-state index contributed by atoms with van der Waals surface area (Å²) in [5.41, 5.74) is 1.81. The Morgan fingerprint density at radius 3 is 2.48 bits per heavy atom. The van der Waals surface area contributed by atoms with Crippen LogP contribution in [0.3, 0.4) is 0 Å². The highest BCUT2D eigenvalue weighted by molar-refractivity contribution is 5.78. The molecule has 0 aromatic heterocycles. The van der Waals surface area contributed by atoms with Crippen molar-refractivity contribution in [3.8, 4) is 0 Å². The quantitative estimate of drug-likeness (QED) is 0.476. The number of allylic oxidation sites excluding steroid dienone is 3. The molecule has 0 radical (unpaired) electrons. The van der Waals surface area contributed by atoms with Gasteiger partial charge < -0.3 is 15.2 Å². The number of amides is 1. The molecular formula is C17H25NO5. The van der Waals surface area contributed by atoms with E-state index in [-0.39, 0.29) is 25.2 Å². The van der Waals surface area contributed by atoms with Crippen LogP contribution in [0.15, 0.2) is 36.1 Å². The van der Waals surface area contributed by atoms with Crippen molar-refractivity contribution in [2.45, 2.75) is 39.5 Å². The molecule has 0 aromatic carbocycles. The van der Waals surface area contributed by atoms with Crippen molar-refractivity contribution < 1.29 is 24.2 Å². The van der Waals surface area contributed by atoms with E-state index in [1.165, 1.54) is 13.3 Å². The van der Waals surface area contributed by atoms with Crippen LogP contribution in [0.2, 0.25) is 0 Å². The Bertz CT molecular complexity index is 505. The molecule has 0 aliphatic heterocycles. The third-order valence-electron chi connectivity index (χ3n) is 3.33. The van der Waals surface area contributed by atoms with E-state index < -0.39 is 17.9 Å². The lowest BCUT2D eigenvalue weighted by Gasteiger charge is -2.13. The number of aliphatic carboxylic acids is 1. The van der Waals surface area contributed by atoms with Crippen LogP contribution in [-0.2, 0) is 19.1 Å². The van der Waals surface area contributed by atoms with Gasteiger partial charge in [-0.3, -0.25) is 14.4 Å². The molecule has 0 fully saturated rings. The van der Waals surface area contributed by atoms with E-state index in [1.807, 2.05) is 19.9 Å². The van der Waals surface area contributed by atoms with Gasteiger partial charge in [-0.05, 0) is 26.7 Å². The van der Waals surface area contributed by atoms with Crippen molar-refractivity contribution >= 4 is 17.8 Å². The molecule has 1 amide bonds. The molecule has 6 nitrogen and oxygen atoms in total. The zero-order valence-electron chi connectivity index (χ0n) is 13.9. The maximum atomic E-state index is 11.8. The first-order valence-electron chi connectivity index (χ1n) is 7.38. The molecule has 1 unspecified atom stereocenters. The minimum atomic E-state index is -0.933. The van der Waals surface area contributed by atoms with Crippen molar-refractivity contribution in [1.82, 2.24) is 5.32 Å². The lowest BCUT2D eigenvalue weighted by molar-refractivity contribution is -0.143. The van der Waals surface area contributed by atoms with E-state index in [1.54, 1.807) is 6.08 Å². The predicted octanol–water partition coefficient (Wildman–Crippen LogP) is 2.57. The topological polar surface area (TPSA) is 92.7 Å². The Balaban J connectivity index is 4.54. The Labute approximate surface area is 136 Å². The second-order valence-electron chi connectivity index (χ2n) is 5.08. The Kier molecular flexibility index (Phi) is 10.1. The molecule has 2 N–H and O–H groups in total. The molecule has 0 heterocycles. The first-order chi connectivity index (χ1) is 10.8. The molecule has 0 aliphatic carbocycles. The molecule has 0 rings (SSSR count). The number of rotatable bonds is 10. The first kappa shape index (κ1) is 20.6. The number of carbonyl (C=O) groups excluding carboxylic acids is 2. The minimum absolute atomic E-state index is 0.0512. The van der Waals surface area contributed by atoms with Gasteiger partial charge in [-0.1, -0.05) is 29.9 Å². The molecule has 6 heteroatoms. The van der Waals surface area contributed by atoms with Crippen LogP contribution < -0.4 is 5.32 Å². The Hall–Kier alpha value is -2.37. The predicted molar refractivity (Wildman–Crippen MR) is 87.5 cm³/mol. The van der Waals surface area contributed by atoms with E-state index >= 15 is 0 Å². The number of carboxylic acids is 1. The maximum absolute atomic E-state index is 11.8. The maximum Gasteiger partial charge on any atom is 0.312 e. The normalized spacial score (nSPS) is 12.7. The number of hydrogen-bond donors (Lipinski definition) is 2. The van der Waals surface area contributed by atoms with Crippen LogP contribution in [0.5, 0.6) is 0 Å². The van der Waals surface area contributed by atoms with Gasteiger partial charge in [0.25, 0.3) is 0 Å². The van der Waals surface area contributed by atoms with Gasteiger partial charge >= 0.3 is 11.9 Å². The van der Waals surface area contributed by atoms with Gasteiger partial charge in [0.05, 0.1) is 13.0 Å². The average Bonchev–Trinajstić information content (AvgIpc) is 2.51. The summed E-state index contributed by atoms with van der Waals surface area (Å²) in [6.45, 7) is 7.73. The number of methoxy groups -OCH3 is 1. The van der Waals surface area contributed by atoms with Crippen LogP contribution in [0.1, 0.15) is 39.5 Å². The number of nitrogens with one attached hydrogen (secondary N) is 1. The van der Waals surface area contributed by atoms with Crippen LogP contribution >= 0.6 is 0 Å². The molecule has 0 spiro atoms. The third kappa shape index (κ3) is 9.29. The zero-order valence-corrected chi connectivity index (χ0v) is 13.9. The second kappa shape index (κ2) is 11.2. The number of ether oxygens (including phenoxy) is 1. The van der Waals surface area contributed by atoms with E-state index in [0.29, 0.717) is 6.42 Å². The van der Waals surface area contributed by atoms with Gasteiger partial charge in [-0.2, -0.15) is 0 Å². The van der Waals surface area contributed by atoms with Gasteiger partial charge in [0.2, 0.25) is 5.91 Å². The number of carbonyl (C=O) groups is 3. The number of hydrogen-bond acceptors (Lipinski definition) is 4. The molecule has 0 saturated heterocycles. The van der Waals surface area contributed by atoms with Crippen molar-refractivity contribution in [3.63, 3.8) is 0 Å². The summed E-state index contributed by atoms with van der Waals surface area (Å²) in [7, 11) is 1.30. The largest absolute Gasteiger partial charge is 0.481 e. The lowest BCUT2D eigenvalue weighted by atomic mass is 9.96. The summed E-state index contributed by atoms with van der Waals surface area (Å²) < 4.78 is 4.75. The van der Waals surface area contributed by atoms with Gasteiger partial charge in [-0.25, -0.2) is 0 Å². The van der Waals surface area contributed by atoms with E-state index in [4.69, 9.17) is 9.84 Å². The van der Waals surface area contributed by atoms with Gasteiger partial charge in [0, 0.05) is 19.0 Å². The lowest BCUT2D eigenvalue weighted by Crippen LogP contribution is -2.19. The number of esters is 1. The summed E-state index contributed by atoms with van der Waals surface area (Å²) in [6.07, 6.45) is 5.58. The summed E-state index contributed by atoms with van der Waals surface area (Å²) >= 11 is 0. The summed E-state index contributed by atoms with van der Waals surface area (Å²) in [6, 6.07) is 0. The monoisotopic (exact) mass is 323 g/mol. The fourth-order valence-electron chi connectivity index (χ4n) is 1.74. The summed E-state index contributed by atoms with van der Waals surface area (Å²) in [4.78, 5) is 33.7. The van der Waals surface area contributed by atoms with Crippen molar-refractivity contribution in [2.75, 3.05) is 7.11 Å². The van der Waals surface area contributed by atoms with Crippen LogP contribution in [-0.4, -0.2) is 30.1 Å². The second-order valence-corrected chi connectivity index (χ2v) is 5.08. The Morgan fingerprint density at radius 2 is 1.96 bits per heavy atom. The van der Waals surface area contributed by atoms with Crippen molar-refractivity contribution in [1.29, 1.82) is 0 Å². The van der Waals surface area contributed by atoms with Crippen molar-refractivity contribution in [2.24, 2.45) is 5.92 Å². The van der Waals surface area contributed by atoms with Gasteiger partial charge in [0.15, 0.2) is 0 Å². The van der Waals surface area contributed by atoms with Crippen LogP contribution in [0.25, 0.3) is 0 Å². The van der Waals surface area contributed by atoms with E-state index in [0.717, 1.165) is 11.1 Å². The molecule has 0 aliphatic rings. The SMILES string of the molecule is C=C(CC(C=CNC(=O)CCCC(=O)O)C(=O)OC)C(C)=CC. The van der Waals surface area contributed by atoms with Crippen LogP contribution in [0.4, 0.5) is 0 Å². The van der Waals surface area contributed by atoms with Gasteiger partial charge in [0.1, 0.15) is 0 Å². The van der Waals surface area contributed by atoms with Gasteiger partial charge in [-0.15, -0.1) is 0 Å². The molecule has 0 saturated carbocycles. The highest BCUT2D eigenvalue weighted by Gasteiger charge is 2.17. The molecule has 0 aromatic rings. The van der Waals surface area contributed by atoms with E-state index in [2.05, 4.69) is 11.9 Å². The standard InChI is InChI=1S/C17H25NO5/c1-5-12(2)13(3)11-14(17(22)23-4)9-10-18-15(19)7-6-8-16(20)21/h5,9-10,14H,3,6-8,11H2,1-2,4H3,(H,18,19)(H,20,21). The zero-order chi connectivity index (χ0) is 17.8. The Morgan fingerprint density at radius 1 is 1.30 bits per heavy atom. The van der Waals surface area contributed by atoms with Crippen LogP contribution in [0, 0.1) is 5.92 Å². The third-order valence-corrected chi connectivity index (χ3v) is 3.33. The summed E-state index contributed by atoms with van der Waals surface area (Å²) in [5.74, 6) is -2.18. The number of carboxylic acid groups (broad SMARTS) is 1. The highest BCUT2D eigenvalue weighted by Crippen LogP contribution is 2.19. The fourth-order valence-corrected chi connectivity index (χ4v) is 1.74. The highest BCUT2D eigenvalue weighted by atomic mass is 16.5. The average molecular weight is 323 g/mol. The molecule has 23 heavy (non-hydrogen) atoms.